The molecular formula is C43H51N3O7. The highest BCUT2D eigenvalue weighted by atomic mass is 16.6. The number of rotatable bonds is 15. The van der Waals surface area contributed by atoms with E-state index in [-0.39, 0.29) is 37.3 Å². The van der Waals surface area contributed by atoms with Gasteiger partial charge in [-0.2, -0.15) is 0 Å². The van der Waals surface area contributed by atoms with Gasteiger partial charge in [0.25, 0.3) is 5.91 Å². The minimum Gasteiger partial charge on any atom is -0.455 e. The van der Waals surface area contributed by atoms with Crippen molar-refractivity contribution < 1.29 is 33.8 Å². The minimum atomic E-state index is -1.31. The predicted molar refractivity (Wildman–Crippen MR) is 204 cm³/mol. The fourth-order valence-electron chi connectivity index (χ4n) is 8.68. The number of hydrogen-bond donors (Lipinski definition) is 1. The highest BCUT2D eigenvalue weighted by molar-refractivity contribution is 6.05. The van der Waals surface area contributed by atoms with Crippen LogP contribution in [0.15, 0.2) is 98.1 Å². The van der Waals surface area contributed by atoms with Crippen molar-refractivity contribution in [3.05, 3.63) is 104 Å². The quantitative estimate of drug-likeness (QED) is 0.155. The molecule has 3 fully saturated rings. The van der Waals surface area contributed by atoms with Crippen LogP contribution in [0, 0.1) is 17.8 Å². The lowest BCUT2D eigenvalue weighted by molar-refractivity contribution is -0.165. The lowest BCUT2D eigenvalue weighted by Gasteiger charge is -2.40. The normalized spacial score (nSPS) is 24.8. The summed E-state index contributed by atoms with van der Waals surface area (Å²) in [5.41, 5.74) is 0.0336. The summed E-state index contributed by atoms with van der Waals surface area (Å²) < 4.78 is 13.1. The second-order valence-corrected chi connectivity index (χ2v) is 14.9. The van der Waals surface area contributed by atoms with E-state index in [1.54, 1.807) is 29.0 Å². The number of carbonyl (C=O) groups is 4. The highest BCUT2D eigenvalue weighted by Gasteiger charge is 2.76. The van der Waals surface area contributed by atoms with Gasteiger partial charge in [-0.25, -0.2) is 0 Å². The third-order valence-electron chi connectivity index (χ3n) is 11.6. The molecule has 3 aromatic carbocycles. The van der Waals surface area contributed by atoms with Gasteiger partial charge in [-0.3, -0.25) is 19.2 Å². The van der Waals surface area contributed by atoms with Crippen LogP contribution in [0.4, 0.5) is 5.69 Å². The summed E-state index contributed by atoms with van der Waals surface area (Å²) in [7, 11) is 1.69. The third kappa shape index (κ3) is 6.79. The summed E-state index contributed by atoms with van der Waals surface area (Å²) in [6.07, 6.45) is 3.49. The van der Waals surface area contributed by atoms with E-state index in [2.05, 4.69) is 13.2 Å². The molecule has 3 aromatic rings. The number of fused-ring (bicyclic) bond motifs is 2. The number of carbonyl (C=O) groups excluding carboxylic acids is 4. The van der Waals surface area contributed by atoms with Gasteiger partial charge >= 0.3 is 5.97 Å². The molecular weight excluding hydrogens is 670 g/mol. The Hall–Kier alpha value is -4.80. The van der Waals surface area contributed by atoms with Gasteiger partial charge in [0.15, 0.2) is 0 Å². The van der Waals surface area contributed by atoms with Crippen molar-refractivity contribution >= 4 is 40.2 Å². The van der Waals surface area contributed by atoms with Crippen molar-refractivity contribution in [3.8, 4) is 0 Å². The Balaban J connectivity index is 1.37. The van der Waals surface area contributed by atoms with E-state index in [9.17, 15) is 19.5 Å². The number of benzene rings is 3. The molecule has 10 heteroatoms. The van der Waals surface area contributed by atoms with Gasteiger partial charge in [-0.15, -0.1) is 13.2 Å². The molecule has 3 aliphatic rings. The first kappa shape index (κ1) is 37.9. The van der Waals surface area contributed by atoms with Crippen molar-refractivity contribution in [2.24, 2.45) is 17.8 Å². The van der Waals surface area contributed by atoms with Crippen molar-refractivity contribution in [1.29, 1.82) is 0 Å². The first-order valence-corrected chi connectivity index (χ1v) is 18.6. The number of anilines is 1. The Bertz CT molecular complexity index is 1860. The van der Waals surface area contributed by atoms with Crippen LogP contribution in [-0.4, -0.2) is 88.6 Å². The van der Waals surface area contributed by atoms with E-state index in [1.807, 2.05) is 93.6 Å². The van der Waals surface area contributed by atoms with Crippen LogP contribution in [0.3, 0.4) is 0 Å². The van der Waals surface area contributed by atoms with Crippen LogP contribution in [0.5, 0.6) is 0 Å². The topological polar surface area (TPSA) is 117 Å². The monoisotopic (exact) mass is 721 g/mol. The zero-order valence-corrected chi connectivity index (χ0v) is 31.1. The van der Waals surface area contributed by atoms with Crippen LogP contribution in [0.25, 0.3) is 10.8 Å². The zero-order chi connectivity index (χ0) is 38.0. The molecule has 3 saturated heterocycles. The third-order valence-corrected chi connectivity index (χ3v) is 11.6. The van der Waals surface area contributed by atoms with Gasteiger partial charge in [-0.1, -0.05) is 86.7 Å². The number of nitrogens with zero attached hydrogens (tertiary/aromatic N) is 3. The van der Waals surface area contributed by atoms with Gasteiger partial charge in [0.2, 0.25) is 11.8 Å². The summed E-state index contributed by atoms with van der Waals surface area (Å²) >= 11 is 0. The molecule has 8 atom stereocenters. The number of ether oxygens (including phenoxy) is 2. The van der Waals surface area contributed by atoms with Crippen molar-refractivity contribution in [2.75, 3.05) is 25.1 Å². The standard InChI is InChI=1S/C43H51N3O7/c1-7-9-19-35(48)44(6)28(5)38(30-16-11-10-12-17-30)52-42(51)36-34-22-23-43(53-34)37(36)40(49)46(33(26-47)27(3)4)39(43)41(50)45(24-8-2)32-21-20-29-15-13-14-18-31(29)25-32/h7-8,10-18,20-21,25,27-28,33-34,36-39,47H,1-2,9,19,22-24,26H2,3-6H3/t28-,33+,34+,36-,37-,38+,39+,43-/m1/s1. The smallest absolute Gasteiger partial charge is 0.313 e. The number of esters is 1. The van der Waals surface area contributed by atoms with E-state index in [0.29, 0.717) is 30.5 Å². The number of likely N-dealkylation sites (tertiary alicyclic amines) is 1. The van der Waals surface area contributed by atoms with Crippen LogP contribution < -0.4 is 4.90 Å². The summed E-state index contributed by atoms with van der Waals surface area (Å²) in [5, 5.41) is 12.7. The molecule has 3 heterocycles. The van der Waals surface area contributed by atoms with Gasteiger partial charge in [0.1, 0.15) is 17.7 Å². The predicted octanol–water partition coefficient (Wildman–Crippen LogP) is 5.85. The SMILES string of the molecule is C=CCCC(=O)N(C)[C@H](C)[C@H](OC(=O)[C@@H]1[C@@H]2CC[C@]3(O2)[C@H](C(=O)N(CC=C)c2ccc4ccccc4c2)N([C@@H](CO)C(C)C)C(=O)[C@@H]13)c1ccccc1. The molecule has 10 nitrogen and oxygen atoms in total. The summed E-state index contributed by atoms with van der Waals surface area (Å²) in [6, 6.07) is 20.6. The van der Waals surface area contributed by atoms with E-state index >= 15 is 4.79 Å². The van der Waals surface area contributed by atoms with E-state index in [0.717, 1.165) is 10.8 Å². The molecule has 280 valence electrons. The van der Waals surface area contributed by atoms with E-state index in [1.165, 1.54) is 4.90 Å². The average Bonchev–Trinajstić information content (AvgIpc) is 3.82. The molecule has 53 heavy (non-hydrogen) atoms. The molecule has 0 unspecified atom stereocenters. The maximum absolute atomic E-state index is 15.1. The van der Waals surface area contributed by atoms with Crippen LogP contribution >= 0.6 is 0 Å². The first-order chi connectivity index (χ1) is 25.5. The molecule has 1 spiro atoms. The Labute approximate surface area is 312 Å². The number of likely N-dealkylation sites (N-methyl/N-ethyl adjacent to an activating group) is 1. The molecule has 0 radical (unpaired) electrons. The molecule has 0 saturated carbocycles. The number of aliphatic hydroxyl groups is 1. The molecule has 0 aliphatic carbocycles. The van der Waals surface area contributed by atoms with Gasteiger partial charge < -0.3 is 29.3 Å². The number of allylic oxidation sites excluding steroid dienone is 1. The molecule has 6 rings (SSSR count). The van der Waals surface area contributed by atoms with Gasteiger partial charge in [-0.05, 0) is 60.6 Å². The second kappa shape index (κ2) is 15.7. The molecule has 1 N–H and O–H groups in total. The highest BCUT2D eigenvalue weighted by Crippen LogP contribution is 2.59. The minimum absolute atomic E-state index is 0.112. The van der Waals surface area contributed by atoms with Crippen molar-refractivity contribution in [1.82, 2.24) is 9.80 Å². The van der Waals surface area contributed by atoms with E-state index in [4.69, 9.17) is 9.47 Å². The number of hydrogen-bond acceptors (Lipinski definition) is 7. The largest absolute Gasteiger partial charge is 0.455 e. The molecule has 0 aromatic heterocycles. The Morgan fingerprint density at radius 2 is 1.72 bits per heavy atom. The molecule has 3 amide bonds. The first-order valence-electron chi connectivity index (χ1n) is 18.6. The summed E-state index contributed by atoms with van der Waals surface area (Å²) in [5.74, 6) is -3.69. The molecule has 2 bridgehead atoms. The average molecular weight is 722 g/mol. The van der Waals surface area contributed by atoms with Crippen LogP contribution in [0.2, 0.25) is 0 Å². The molecule has 3 aliphatic heterocycles. The number of aliphatic hydroxyl groups excluding tert-OH is 1. The van der Waals surface area contributed by atoms with Crippen LogP contribution in [-0.2, 0) is 28.7 Å². The van der Waals surface area contributed by atoms with Gasteiger partial charge in [0, 0.05) is 25.7 Å². The Morgan fingerprint density at radius 1 is 1.02 bits per heavy atom. The second-order valence-electron chi connectivity index (χ2n) is 14.9. The maximum Gasteiger partial charge on any atom is 0.313 e. The Kier molecular flexibility index (Phi) is 11.2. The lowest BCUT2D eigenvalue weighted by atomic mass is 9.70. The van der Waals surface area contributed by atoms with Crippen molar-refractivity contribution in [2.45, 2.75) is 82.4 Å². The fraction of sp³-hybridized carbons (Fsp3) is 0.442. The number of amides is 3. The van der Waals surface area contributed by atoms with Crippen LogP contribution in [0.1, 0.15) is 58.1 Å². The van der Waals surface area contributed by atoms with E-state index < -0.39 is 59.6 Å². The maximum atomic E-state index is 15.1. The fourth-order valence-corrected chi connectivity index (χ4v) is 8.68. The Morgan fingerprint density at radius 3 is 2.38 bits per heavy atom. The summed E-state index contributed by atoms with van der Waals surface area (Å²) in [4.78, 5) is 62.3. The summed E-state index contributed by atoms with van der Waals surface area (Å²) in [6.45, 7) is 13.1. The lowest BCUT2D eigenvalue weighted by Crippen LogP contribution is -2.59. The van der Waals surface area contributed by atoms with Gasteiger partial charge in [0.05, 0.1) is 36.6 Å². The van der Waals surface area contributed by atoms with Crippen molar-refractivity contribution in [3.63, 3.8) is 0 Å². The zero-order valence-electron chi connectivity index (χ0n) is 31.1.